The summed E-state index contributed by atoms with van der Waals surface area (Å²) in [6.45, 7) is -0.447. The van der Waals surface area contributed by atoms with Crippen LogP contribution in [0.3, 0.4) is 0 Å². The molecule has 19 heavy (non-hydrogen) atoms. The number of halogens is 2. The second-order valence-corrected chi connectivity index (χ2v) is 3.83. The van der Waals surface area contributed by atoms with E-state index >= 15 is 0 Å². The van der Waals surface area contributed by atoms with Gasteiger partial charge >= 0.3 is 12.6 Å². The molecule has 0 bridgehead atoms. The maximum atomic E-state index is 12.3. The average Bonchev–Trinajstić information content (AvgIpc) is 2.39. The summed E-state index contributed by atoms with van der Waals surface area (Å²) in [4.78, 5) is 11.7. The van der Waals surface area contributed by atoms with Crippen LogP contribution in [0, 0.1) is 0 Å². The lowest BCUT2D eigenvalue weighted by atomic mass is 10.1. The predicted molar refractivity (Wildman–Crippen MR) is 66.1 cm³/mol. The van der Waals surface area contributed by atoms with Crippen LogP contribution in [-0.4, -0.2) is 26.2 Å². The zero-order chi connectivity index (χ0) is 14.3. The average molecular weight is 273 g/mol. The molecule has 0 aliphatic carbocycles. The van der Waals surface area contributed by atoms with Gasteiger partial charge in [-0.15, -0.1) is 0 Å². The van der Waals surface area contributed by atoms with E-state index in [1.807, 2.05) is 6.92 Å². The van der Waals surface area contributed by atoms with E-state index in [-0.39, 0.29) is 5.75 Å². The fourth-order valence-electron chi connectivity index (χ4n) is 1.65. The third kappa shape index (κ3) is 4.48. The Hall–Kier alpha value is -1.69. The van der Waals surface area contributed by atoms with Crippen LogP contribution >= 0.6 is 0 Å². The van der Waals surface area contributed by atoms with Crippen LogP contribution in [0.25, 0.3) is 0 Å². The summed E-state index contributed by atoms with van der Waals surface area (Å²) in [7, 11) is 1.25. The number of para-hydroxylation sites is 1. The highest BCUT2D eigenvalue weighted by molar-refractivity contribution is 5.78. The van der Waals surface area contributed by atoms with Crippen molar-refractivity contribution in [2.75, 3.05) is 13.7 Å². The van der Waals surface area contributed by atoms with Crippen LogP contribution in [0.15, 0.2) is 24.3 Å². The summed E-state index contributed by atoms with van der Waals surface area (Å²) in [6.07, 6.45) is 0.797. The molecule has 0 saturated carbocycles. The van der Waals surface area contributed by atoms with Gasteiger partial charge in [0, 0.05) is 5.56 Å². The van der Waals surface area contributed by atoms with Crippen molar-refractivity contribution in [2.24, 2.45) is 0 Å². The van der Waals surface area contributed by atoms with E-state index in [1.54, 1.807) is 18.2 Å². The number of benzene rings is 1. The smallest absolute Gasteiger partial charge is 0.387 e. The molecule has 0 saturated heterocycles. The molecule has 1 aromatic rings. The summed E-state index contributed by atoms with van der Waals surface area (Å²) in [5.74, 6) is -0.574. The second-order valence-electron chi connectivity index (χ2n) is 3.83. The fourth-order valence-corrected chi connectivity index (χ4v) is 1.65. The van der Waals surface area contributed by atoms with E-state index in [2.05, 4.69) is 14.8 Å². The van der Waals surface area contributed by atoms with Crippen molar-refractivity contribution >= 4 is 5.97 Å². The first-order chi connectivity index (χ1) is 9.10. The van der Waals surface area contributed by atoms with Crippen LogP contribution in [0.2, 0.25) is 0 Å². The molecule has 0 heterocycles. The molecule has 0 aromatic heterocycles. The first-order valence-electron chi connectivity index (χ1n) is 5.95. The van der Waals surface area contributed by atoms with Gasteiger partial charge in [0.05, 0.1) is 7.11 Å². The van der Waals surface area contributed by atoms with E-state index in [9.17, 15) is 13.6 Å². The summed E-state index contributed by atoms with van der Waals surface area (Å²) in [6, 6.07) is 5.35. The number of methoxy groups -OCH3 is 1. The van der Waals surface area contributed by atoms with Crippen molar-refractivity contribution in [1.29, 1.82) is 0 Å². The minimum absolute atomic E-state index is 0.0310. The first-order valence-corrected chi connectivity index (χ1v) is 5.95. The second kappa shape index (κ2) is 7.68. The standard InChI is InChI=1S/C13H17F2NO3/c1-3-8-16-11(12(17)18-2)9-6-4-5-7-10(9)19-13(14)15/h4-7,11,13,16H,3,8H2,1-2H3. The highest BCUT2D eigenvalue weighted by Gasteiger charge is 2.24. The van der Waals surface area contributed by atoms with Crippen LogP contribution in [0.4, 0.5) is 8.78 Å². The fraction of sp³-hybridized carbons (Fsp3) is 0.462. The zero-order valence-corrected chi connectivity index (χ0v) is 10.9. The van der Waals surface area contributed by atoms with Gasteiger partial charge < -0.3 is 14.8 Å². The number of alkyl halides is 2. The van der Waals surface area contributed by atoms with Crippen molar-refractivity contribution in [1.82, 2.24) is 5.32 Å². The minimum Gasteiger partial charge on any atom is -0.468 e. The van der Waals surface area contributed by atoms with Gasteiger partial charge in [0.25, 0.3) is 0 Å². The molecule has 0 aliphatic rings. The molecule has 4 nitrogen and oxygen atoms in total. The maximum absolute atomic E-state index is 12.3. The predicted octanol–water partition coefficient (Wildman–Crippen LogP) is 2.50. The third-order valence-corrected chi connectivity index (χ3v) is 2.48. The van der Waals surface area contributed by atoms with Crippen molar-refractivity contribution in [3.63, 3.8) is 0 Å². The molecule has 0 aliphatic heterocycles. The van der Waals surface area contributed by atoms with Gasteiger partial charge in [0.1, 0.15) is 11.8 Å². The summed E-state index contributed by atoms with van der Waals surface area (Å²) >= 11 is 0. The lowest BCUT2D eigenvalue weighted by molar-refractivity contribution is -0.143. The van der Waals surface area contributed by atoms with E-state index in [1.165, 1.54) is 13.2 Å². The van der Waals surface area contributed by atoms with Gasteiger partial charge in [-0.1, -0.05) is 25.1 Å². The minimum atomic E-state index is -2.94. The topological polar surface area (TPSA) is 47.6 Å². The molecular weight excluding hydrogens is 256 g/mol. The van der Waals surface area contributed by atoms with E-state index in [0.717, 1.165) is 6.42 Å². The largest absolute Gasteiger partial charge is 0.468 e. The Labute approximate surface area is 110 Å². The van der Waals surface area contributed by atoms with Crippen molar-refractivity contribution in [3.05, 3.63) is 29.8 Å². The van der Waals surface area contributed by atoms with E-state index < -0.39 is 18.6 Å². The number of nitrogens with one attached hydrogen (secondary N) is 1. The van der Waals surface area contributed by atoms with Gasteiger partial charge in [-0.05, 0) is 19.0 Å². The Morgan fingerprint density at radius 1 is 1.37 bits per heavy atom. The molecule has 1 N–H and O–H groups in total. The lowest BCUT2D eigenvalue weighted by Crippen LogP contribution is -2.30. The van der Waals surface area contributed by atoms with Crippen molar-refractivity contribution in [2.45, 2.75) is 26.0 Å². The number of rotatable bonds is 7. The molecule has 0 spiro atoms. The normalized spacial score (nSPS) is 12.3. The van der Waals surface area contributed by atoms with Crippen LogP contribution in [0.5, 0.6) is 5.75 Å². The Morgan fingerprint density at radius 3 is 2.63 bits per heavy atom. The number of ether oxygens (including phenoxy) is 2. The number of esters is 1. The van der Waals surface area contributed by atoms with Crippen LogP contribution in [-0.2, 0) is 9.53 Å². The highest BCUT2D eigenvalue weighted by atomic mass is 19.3. The summed E-state index contributed by atoms with van der Waals surface area (Å²) < 4.78 is 33.8. The first kappa shape index (κ1) is 15.4. The van der Waals surface area contributed by atoms with Crippen molar-refractivity contribution < 1.29 is 23.0 Å². The monoisotopic (exact) mass is 273 g/mol. The SMILES string of the molecule is CCCNC(C(=O)OC)c1ccccc1OC(F)F. The summed E-state index contributed by atoms with van der Waals surface area (Å²) in [5.41, 5.74) is 0.336. The van der Waals surface area contributed by atoms with Gasteiger partial charge in [-0.25, -0.2) is 4.79 Å². The zero-order valence-electron chi connectivity index (χ0n) is 10.9. The summed E-state index contributed by atoms with van der Waals surface area (Å²) in [5, 5.41) is 2.95. The van der Waals surface area contributed by atoms with Crippen LogP contribution in [0.1, 0.15) is 24.9 Å². The molecule has 106 valence electrons. The quantitative estimate of drug-likeness (QED) is 0.775. The van der Waals surface area contributed by atoms with Gasteiger partial charge in [-0.3, -0.25) is 0 Å². The molecule has 0 fully saturated rings. The van der Waals surface area contributed by atoms with Gasteiger partial charge in [-0.2, -0.15) is 8.78 Å². The molecule has 0 radical (unpaired) electrons. The van der Waals surface area contributed by atoms with E-state index in [0.29, 0.717) is 12.1 Å². The number of carbonyl (C=O) groups is 1. The van der Waals surface area contributed by atoms with Crippen molar-refractivity contribution in [3.8, 4) is 5.75 Å². The molecule has 1 rings (SSSR count). The molecule has 1 unspecified atom stereocenters. The molecular formula is C13H17F2NO3. The number of hydrogen-bond acceptors (Lipinski definition) is 4. The number of carbonyl (C=O) groups excluding carboxylic acids is 1. The van der Waals surface area contributed by atoms with Crippen LogP contribution < -0.4 is 10.1 Å². The maximum Gasteiger partial charge on any atom is 0.387 e. The third-order valence-electron chi connectivity index (χ3n) is 2.48. The Morgan fingerprint density at radius 2 is 2.05 bits per heavy atom. The number of hydrogen-bond donors (Lipinski definition) is 1. The highest BCUT2D eigenvalue weighted by Crippen LogP contribution is 2.27. The Kier molecular flexibility index (Phi) is 6.21. The lowest BCUT2D eigenvalue weighted by Gasteiger charge is -2.19. The van der Waals surface area contributed by atoms with Gasteiger partial charge in [0.15, 0.2) is 0 Å². The Bertz CT molecular complexity index is 413. The molecule has 1 aromatic carbocycles. The molecule has 6 heteroatoms. The Balaban J connectivity index is 3.03. The molecule has 0 amide bonds. The van der Waals surface area contributed by atoms with Gasteiger partial charge in [0.2, 0.25) is 0 Å². The molecule has 1 atom stereocenters. The van der Waals surface area contributed by atoms with E-state index in [4.69, 9.17) is 0 Å².